The summed E-state index contributed by atoms with van der Waals surface area (Å²) in [6, 6.07) is 9.32. The number of rotatable bonds is 2. The van der Waals surface area contributed by atoms with Crippen LogP contribution in [0.3, 0.4) is 0 Å². The molecule has 0 spiro atoms. The van der Waals surface area contributed by atoms with Gasteiger partial charge < -0.3 is 14.1 Å². The number of nitrogens with zero attached hydrogens (tertiary/aromatic N) is 3. The maximum absolute atomic E-state index is 13.1. The first kappa shape index (κ1) is 15.9. The van der Waals surface area contributed by atoms with Gasteiger partial charge in [-0.2, -0.15) is 5.10 Å². The van der Waals surface area contributed by atoms with E-state index in [1.807, 2.05) is 60.8 Å². The van der Waals surface area contributed by atoms with Gasteiger partial charge >= 0.3 is 0 Å². The van der Waals surface area contributed by atoms with Crippen LogP contribution in [-0.4, -0.2) is 40.3 Å². The molecule has 2 aromatic heterocycles. The maximum Gasteiger partial charge on any atom is 0.290 e. The van der Waals surface area contributed by atoms with Crippen molar-refractivity contribution in [2.45, 2.75) is 19.9 Å². The van der Waals surface area contributed by atoms with Crippen molar-refractivity contribution in [3.63, 3.8) is 0 Å². The first-order valence-corrected chi connectivity index (χ1v) is 8.43. The number of aryl methyl sites for hydroxylation is 2. The topological polar surface area (TPSA) is 60.5 Å². The van der Waals surface area contributed by atoms with Gasteiger partial charge in [0.05, 0.1) is 24.9 Å². The lowest BCUT2D eigenvalue weighted by Gasteiger charge is -2.35. The summed E-state index contributed by atoms with van der Waals surface area (Å²) in [5.74, 6) is 0.263. The molecule has 3 heterocycles. The first-order chi connectivity index (χ1) is 12.1. The highest BCUT2D eigenvalue weighted by Gasteiger charge is 2.34. The summed E-state index contributed by atoms with van der Waals surface area (Å²) < 4.78 is 13.3. The fourth-order valence-corrected chi connectivity index (χ4v) is 3.59. The van der Waals surface area contributed by atoms with Crippen molar-refractivity contribution < 1.29 is 13.9 Å². The molecule has 0 bridgehead atoms. The number of para-hydroxylation sites is 1. The summed E-state index contributed by atoms with van der Waals surface area (Å²) in [5, 5.41) is 5.42. The molecule has 1 aliphatic heterocycles. The molecular weight excluding hydrogens is 318 g/mol. The SMILES string of the molecule is Cc1nn(C)c(C)c1C1COCCN1C(=O)c1cc2ccccc2o1. The van der Waals surface area contributed by atoms with Crippen molar-refractivity contribution in [2.24, 2.45) is 7.05 Å². The lowest BCUT2D eigenvalue weighted by Crippen LogP contribution is -2.43. The van der Waals surface area contributed by atoms with Crippen molar-refractivity contribution >= 4 is 16.9 Å². The monoisotopic (exact) mass is 339 g/mol. The molecule has 1 atom stereocenters. The first-order valence-electron chi connectivity index (χ1n) is 8.43. The number of hydrogen-bond donors (Lipinski definition) is 0. The second-order valence-electron chi connectivity index (χ2n) is 6.45. The van der Waals surface area contributed by atoms with E-state index in [1.165, 1.54) is 0 Å². The minimum absolute atomic E-state index is 0.104. The Bertz CT molecular complexity index is 908. The fraction of sp³-hybridized carbons (Fsp3) is 0.368. The van der Waals surface area contributed by atoms with Crippen molar-refractivity contribution in [1.82, 2.24) is 14.7 Å². The van der Waals surface area contributed by atoms with Crippen LogP contribution < -0.4 is 0 Å². The minimum atomic E-state index is -0.150. The van der Waals surface area contributed by atoms with Crippen molar-refractivity contribution in [3.05, 3.63) is 53.0 Å². The van der Waals surface area contributed by atoms with E-state index < -0.39 is 0 Å². The van der Waals surface area contributed by atoms with E-state index in [-0.39, 0.29) is 11.9 Å². The van der Waals surface area contributed by atoms with Crippen LogP contribution in [0, 0.1) is 13.8 Å². The van der Waals surface area contributed by atoms with E-state index in [2.05, 4.69) is 5.10 Å². The van der Waals surface area contributed by atoms with Gasteiger partial charge in [-0.1, -0.05) is 18.2 Å². The van der Waals surface area contributed by atoms with Gasteiger partial charge in [0.15, 0.2) is 5.76 Å². The number of aromatic nitrogens is 2. The Hall–Kier alpha value is -2.60. The third-order valence-electron chi connectivity index (χ3n) is 4.92. The van der Waals surface area contributed by atoms with E-state index in [1.54, 1.807) is 0 Å². The summed E-state index contributed by atoms with van der Waals surface area (Å²) in [7, 11) is 1.92. The molecule has 1 fully saturated rings. The van der Waals surface area contributed by atoms with Gasteiger partial charge in [-0.05, 0) is 26.0 Å². The van der Waals surface area contributed by atoms with E-state index in [0.29, 0.717) is 25.5 Å². The number of fused-ring (bicyclic) bond motifs is 1. The van der Waals surface area contributed by atoms with Crippen LogP contribution in [0.15, 0.2) is 34.7 Å². The van der Waals surface area contributed by atoms with Crippen LogP contribution in [0.5, 0.6) is 0 Å². The van der Waals surface area contributed by atoms with Crippen LogP contribution in [0.1, 0.15) is 33.5 Å². The zero-order chi connectivity index (χ0) is 17.6. The number of furan rings is 1. The number of hydrogen-bond acceptors (Lipinski definition) is 4. The highest BCUT2D eigenvalue weighted by atomic mass is 16.5. The number of morpholine rings is 1. The molecule has 1 aliphatic rings. The largest absolute Gasteiger partial charge is 0.451 e. The van der Waals surface area contributed by atoms with E-state index in [0.717, 1.165) is 27.9 Å². The summed E-state index contributed by atoms with van der Waals surface area (Å²) >= 11 is 0. The molecule has 3 aromatic rings. The molecule has 6 nitrogen and oxygen atoms in total. The molecule has 25 heavy (non-hydrogen) atoms. The molecule has 1 saturated heterocycles. The Morgan fingerprint density at radius 2 is 2.08 bits per heavy atom. The van der Waals surface area contributed by atoms with Gasteiger partial charge in [0.1, 0.15) is 5.58 Å². The van der Waals surface area contributed by atoms with E-state index >= 15 is 0 Å². The number of benzene rings is 1. The van der Waals surface area contributed by atoms with E-state index in [4.69, 9.17) is 9.15 Å². The fourth-order valence-electron chi connectivity index (χ4n) is 3.59. The average Bonchev–Trinajstić information content (AvgIpc) is 3.15. The molecule has 1 unspecified atom stereocenters. The zero-order valence-corrected chi connectivity index (χ0v) is 14.7. The Labute approximate surface area is 146 Å². The minimum Gasteiger partial charge on any atom is -0.451 e. The lowest BCUT2D eigenvalue weighted by atomic mass is 10.0. The molecule has 0 radical (unpaired) electrons. The van der Waals surface area contributed by atoms with Crippen molar-refractivity contribution in [3.8, 4) is 0 Å². The number of carbonyl (C=O) groups is 1. The molecular formula is C19H21N3O3. The third kappa shape index (κ3) is 2.62. The molecule has 0 saturated carbocycles. The van der Waals surface area contributed by atoms with Gasteiger partial charge in [-0.15, -0.1) is 0 Å². The molecule has 1 aromatic carbocycles. The number of ether oxygens (including phenoxy) is 1. The molecule has 0 aliphatic carbocycles. The highest BCUT2D eigenvalue weighted by molar-refractivity contribution is 5.96. The second kappa shape index (κ2) is 6.04. The molecule has 130 valence electrons. The lowest BCUT2D eigenvalue weighted by molar-refractivity contribution is -0.00449. The van der Waals surface area contributed by atoms with Crippen molar-refractivity contribution in [2.75, 3.05) is 19.8 Å². The summed E-state index contributed by atoms with van der Waals surface area (Å²) in [5.41, 5.74) is 3.77. The van der Waals surface area contributed by atoms with Crippen LogP contribution >= 0.6 is 0 Å². The van der Waals surface area contributed by atoms with Gasteiger partial charge in [-0.25, -0.2) is 0 Å². The standard InChI is InChI=1S/C19H21N3O3/c1-12-18(13(2)21(3)20-12)15-11-24-9-8-22(15)19(23)17-10-14-6-4-5-7-16(14)25-17/h4-7,10,15H,8-9,11H2,1-3H3. The Morgan fingerprint density at radius 1 is 1.28 bits per heavy atom. The molecule has 1 amide bonds. The summed E-state index contributed by atoms with van der Waals surface area (Å²) in [6.45, 7) is 5.53. The Kier molecular flexibility index (Phi) is 3.84. The molecule has 4 rings (SSSR count). The Morgan fingerprint density at radius 3 is 2.80 bits per heavy atom. The molecule has 0 N–H and O–H groups in total. The quantitative estimate of drug-likeness (QED) is 0.720. The third-order valence-corrected chi connectivity index (χ3v) is 4.92. The van der Waals surface area contributed by atoms with E-state index in [9.17, 15) is 4.79 Å². The normalized spacial score (nSPS) is 18.0. The average molecular weight is 339 g/mol. The predicted molar refractivity (Wildman–Crippen MR) is 93.5 cm³/mol. The summed E-state index contributed by atoms with van der Waals surface area (Å²) in [6.07, 6.45) is 0. The molecule has 6 heteroatoms. The van der Waals surface area contributed by atoms with Gasteiger partial charge in [0.25, 0.3) is 5.91 Å². The van der Waals surface area contributed by atoms with Crippen LogP contribution in [0.4, 0.5) is 0 Å². The smallest absolute Gasteiger partial charge is 0.290 e. The van der Waals surface area contributed by atoms with Crippen LogP contribution in [-0.2, 0) is 11.8 Å². The Balaban J connectivity index is 1.72. The number of carbonyl (C=O) groups excluding carboxylic acids is 1. The van der Waals surface area contributed by atoms with Crippen molar-refractivity contribution in [1.29, 1.82) is 0 Å². The van der Waals surface area contributed by atoms with Gasteiger partial charge in [0, 0.05) is 30.2 Å². The maximum atomic E-state index is 13.1. The van der Waals surface area contributed by atoms with Gasteiger partial charge in [-0.3, -0.25) is 9.48 Å². The van der Waals surface area contributed by atoms with Crippen LogP contribution in [0.2, 0.25) is 0 Å². The van der Waals surface area contributed by atoms with Gasteiger partial charge in [0.2, 0.25) is 0 Å². The summed E-state index contributed by atoms with van der Waals surface area (Å²) in [4.78, 5) is 15.0. The predicted octanol–water partition coefficient (Wildman–Crippen LogP) is 3.00. The van der Waals surface area contributed by atoms with Crippen LogP contribution in [0.25, 0.3) is 11.0 Å². The number of amides is 1. The highest BCUT2D eigenvalue weighted by Crippen LogP contribution is 2.31. The zero-order valence-electron chi connectivity index (χ0n) is 14.7. The second-order valence-corrected chi connectivity index (χ2v) is 6.45.